The van der Waals surface area contributed by atoms with E-state index in [4.69, 9.17) is 4.74 Å². The van der Waals surface area contributed by atoms with E-state index in [0.29, 0.717) is 5.56 Å². The Hall–Kier alpha value is -3.23. The second-order valence-corrected chi connectivity index (χ2v) is 9.48. The summed E-state index contributed by atoms with van der Waals surface area (Å²) in [5.74, 6) is -0.684. The number of amides is 1. The summed E-state index contributed by atoms with van der Waals surface area (Å²) in [4.78, 5) is 13.1. The van der Waals surface area contributed by atoms with Gasteiger partial charge in [-0.2, -0.15) is 4.72 Å². The molecule has 0 aromatic heterocycles. The van der Waals surface area contributed by atoms with Crippen molar-refractivity contribution in [2.24, 2.45) is 0 Å². The van der Waals surface area contributed by atoms with Crippen LogP contribution in [0.1, 0.15) is 29.7 Å². The molecule has 3 aromatic carbocycles. The van der Waals surface area contributed by atoms with E-state index in [0.717, 1.165) is 11.1 Å². The summed E-state index contributed by atoms with van der Waals surface area (Å²) < 4.78 is 47.5. The number of aryl methyl sites for hydroxylation is 1. The van der Waals surface area contributed by atoms with Crippen molar-refractivity contribution in [3.05, 3.63) is 95.3 Å². The highest BCUT2D eigenvalue weighted by Crippen LogP contribution is 2.25. The quantitative estimate of drug-likeness (QED) is 0.497. The zero-order valence-corrected chi connectivity index (χ0v) is 19.5. The van der Waals surface area contributed by atoms with Crippen molar-refractivity contribution in [2.75, 3.05) is 7.11 Å². The largest absolute Gasteiger partial charge is 0.495 e. The summed E-state index contributed by atoms with van der Waals surface area (Å²) in [6, 6.07) is 18.2. The maximum absolute atomic E-state index is 13.2. The average molecular weight is 471 g/mol. The van der Waals surface area contributed by atoms with Crippen LogP contribution < -0.4 is 14.8 Å². The van der Waals surface area contributed by atoms with E-state index in [1.807, 2.05) is 30.3 Å². The van der Waals surface area contributed by atoms with Gasteiger partial charge < -0.3 is 10.1 Å². The molecule has 0 bridgehead atoms. The number of ether oxygens (including phenoxy) is 1. The standard InChI is InChI=1S/C25H27FN2O4S/c1-17-9-14-23(32-3)24(15-17)33(30,31)28-22(16-19-7-5-4-6-8-19)25(29)27-18(2)20-10-12-21(26)13-11-20/h4-15,18,22,28H,16H2,1-3H3,(H,27,29). The minimum absolute atomic E-state index is 0.0394. The number of carbonyl (C=O) groups excluding carboxylic acids is 1. The number of hydrogen-bond acceptors (Lipinski definition) is 4. The smallest absolute Gasteiger partial charge is 0.244 e. The van der Waals surface area contributed by atoms with E-state index >= 15 is 0 Å². The molecule has 3 rings (SSSR count). The number of halogens is 1. The summed E-state index contributed by atoms with van der Waals surface area (Å²) in [6.07, 6.45) is 0.149. The van der Waals surface area contributed by atoms with Crippen molar-refractivity contribution in [2.45, 2.75) is 37.2 Å². The summed E-state index contributed by atoms with van der Waals surface area (Å²) in [5, 5.41) is 2.83. The Bertz CT molecular complexity index is 1200. The van der Waals surface area contributed by atoms with Crippen LogP contribution >= 0.6 is 0 Å². The predicted octanol–water partition coefficient (Wildman–Crippen LogP) is 3.91. The number of nitrogens with one attached hydrogen (secondary N) is 2. The summed E-state index contributed by atoms with van der Waals surface area (Å²) in [5.41, 5.74) is 2.24. The van der Waals surface area contributed by atoms with Crippen LogP contribution in [0.5, 0.6) is 5.75 Å². The molecule has 2 N–H and O–H groups in total. The summed E-state index contributed by atoms with van der Waals surface area (Å²) in [7, 11) is -2.69. The third-order valence-corrected chi connectivity index (χ3v) is 6.73. The maximum atomic E-state index is 13.2. The highest BCUT2D eigenvalue weighted by atomic mass is 32.2. The average Bonchev–Trinajstić information content (AvgIpc) is 2.79. The second-order valence-electron chi connectivity index (χ2n) is 7.80. The molecular weight excluding hydrogens is 443 g/mol. The second kappa shape index (κ2) is 10.6. The lowest BCUT2D eigenvalue weighted by atomic mass is 10.0. The Morgan fingerprint density at radius 3 is 2.33 bits per heavy atom. The van der Waals surface area contributed by atoms with Gasteiger partial charge in [-0.15, -0.1) is 0 Å². The predicted molar refractivity (Wildman–Crippen MR) is 125 cm³/mol. The van der Waals surface area contributed by atoms with Crippen LogP contribution in [0.15, 0.2) is 77.7 Å². The summed E-state index contributed by atoms with van der Waals surface area (Å²) >= 11 is 0. The third-order valence-electron chi connectivity index (χ3n) is 5.23. The molecule has 2 unspecified atom stereocenters. The van der Waals surface area contributed by atoms with E-state index in [1.165, 1.54) is 25.3 Å². The fourth-order valence-electron chi connectivity index (χ4n) is 3.43. The molecule has 0 aliphatic rings. The van der Waals surface area contributed by atoms with Crippen molar-refractivity contribution >= 4 is 15.9 Å². The Morgan fingerprint density at radius 2 is 1.70 bits per heavy atom. The lowest BCUT2D eigenvalue weighted by Gasteiger charge is -2.22. The van der Waals surface area contributed by atoms with Crippen LogP contribution in [0.3, 0.4) is 0 Å². The molecule has 6 nitrogen and oxygen atoms in total. The Kier molecular flexibility index (Phi) is 7.84. The topological polar surface area (TPSA) is 84.5 Å². The van der Waals surface area contributed by atoms with Gasteiger partial charge in [0.1, 0.15) is 22.5 Å². The first-order chi connectivity index (χ1) is 15.7. The molecule has 2 atom stereocenters. The number of carbonyl (C=O) groups is 1. The van der Waals surface area contributed by atoms with Gasteiger partial charge in [-0.05, 0) is 61.2 Å². The van der Waals surface area contributed by atoms with Crippen LogP contribution in [-0.4, -0.2) is 27.5 Å². The van der Waals surface area contributed by atoms with Gasteiger partial charge in [0.25, 0.3) is 0 Å². The third kappa shape index (κ3) is 6.40. The highest BCUT2D eigenvalue weighted by Gasteiger charge is 2.29. The van der Waals surface area contributed by atoms with E-state index in [9.17, 15) is 17.6 Å². The number of sulfonamides is 1. The van der Waals surface area contributed by atoms with Crippen LogP contribution in [0.2, 0.25) is 0 Å². The van der Waals surface area contributed by atoms with E-state index < -0.39 is 28.0 Å². The van der Waals surface area contributed by atoms with Crippen LogP contribution in [0.25, 0.3) is 0 Å². The maximum Gasteiger partial charge on any atom is 0.244 e. The first-order valence-corrected chi connectivity index (χ1v) is 11.9. The van der Waals surface area contributed by atoms with Crippen molar-refractivity contribution < 1.29 is 22.3 Å². The fourth-order valence-corrected chi connectivity index (χ4v) is 4.88. The van der Waals surface area contributed by atoms with Gasteiger partial charge in [0.15, 0.2) is 0 Å². The van der Waals surface area contributed by atoms with Crippen molar-refractivity contribution in [3.63, 3.8) is 0 Å². The highest BCUT2D eigenvalue weighted by molar-refractivity contribution is 7.89. The lowest BCUT2D eigenvalue weighted by Crippen LogP contribution is -2.48. The zero-order valence-electron chi connectivity index (χ0n) is 18.7. The van der Waals surface area contributed by atoms with Crippen molar-refractivity contribution in [1.29, 1.82) is 0 Å². The van der Waals surface area contributed by atoms with Crippen molar-refractivity contribution in [3.8, 4) is 5.75 Å². The van der Waals surface area contributed by atoms with E-state index in [1.54, 1.807) is 38.1 Å². The van der Waals surface area contributed by atoms with Crippen LogP contribution in [0, 0.1) is 12.7 Å². The van der Waals surface area contributed by atoms with E-state index in [2.05, 4.69) is 10.0 Å². The molecular formula is C25H27FN2O4S. The van der Waals surface area contributed by atoms with Crippen LogP contribution in [-0.2, 0) is 21.2 Å². The van der Waals surface area contributed by atoms with E-state index in [-0.39, 0.29) is 22.9 Å². The molecule has 3 aromatic rings. The molecule has 174 valence electrons. The number of hydrogen-bond donors (Lipinski definition) is 2. The monoisotopic (exact) mass is 470 g/mol. The van der Waals surface area contributed by atoms with Crippen LogP contribution in [0.4, 0.5) is 4.39 Å². The van der Waals surface area contributed by atoms with Gasteiger partial charge in [0, 0.05) is 0 Å². The molecule has 1 amide bonds. The van der Waals surface area contributed by atoms with Gasteiger partial charge in [-0.25, -0.2) is 12.8 Å². The minimum Gasteiger partial charge on any atom is -0.495 e. The Labute approximate surface area is 193 Å². The molecule has 0 aliphatic heterocycles. The molecule has 0 fully saturated rings. The normalized spacial score (nSPS) is 13.2. The zero-order chi connectivity index (χ0) is 24.0. The summed E-state index contributed by atoms with van der Waals surface area (Å²) in [6.45, 7) is 3.53. The Morgan fingerprint density at radius 1 is 1.03 bits per heavy atom. The van der Waals surface area contributed by atoms with Gasteiger partial charge >= 0.3 is 0 Å². The molecule has 0 saturated carbocycles. The molecule has 8 heteroatoms. The van der Waals surface area contributed by atoms with Crippen molar-refractivity contribution in [1.82, 2.24) is 10.0 Å². The molecule has 0 spiro atoms. The molecule has 0 heterocycles. The minimum atomic E-state index is -4.08. The first kappa shape index (κ1) is 24.4. The molecule has 33 heavy (non-hydrogen) atoms. The fraction of sp³-hybridized carbons (Fsp3) is 0.240. The molecule has 0 radical (unpaired) electrons. The Balaban J connectivity index is 1.88. The van der Waals surface area contributed by atoms with Gasteiger partial charge in [0.2, 0.25) is 15.9 Å². The van der Waals surface area contributed by atoms with Gasteiger partial charge in [0.05, 0.1) is 13.2 Å². The van der Waals surface area contributed by atoms with Gasteiger partial charge in [-0.3, -0.25) is 4.79 Å². The first-order valence-electron chi connectivity index (χ1n) is 10.5. The lowest BCUT2D eigenvalue weighted by molar-refractivity contribution is -0.123. The van der Waals surface area contributed by atoms with Gasteiger partial charge in [-0.1, -0.05) is 48.5 Å². The number of methoxy groups -OCH3 is 1. The number of benzene rings is 3. The number of rotatable bonds is 9. The SMILES string of the molecule is COc1ccc(C)cc1S(=O)(=O)NC(Cc1ccccc1)C(=O)NC(C)c1ccc(F)cc1. The molecule has 0 saturated heterocycles. The molecule has 0 aliphatic carbocycles.